The lowest BCUT2D eigenvalue weighted by Crippen LogP contribution is -2.36. The van der Waals surface area contributed by atoms with E-state index in [9.17, 15) is 4.79 Å². The van der Waals surface area contributed by atoms with E-state index in [0.29, 0.717) is 24.8 Å². The third-order valence-electron chi connectivity index (χ3n) is 6.87. The summed E-state index contributed by atoms with van der Waals surface area (Å²) < 4.78 is 5.76. The van der Waals surface area contributed by atoms with Gasteiger partial charge in [-0.2, -0.15) is 9.97 Å². The van der Waals surface area contributed by atoms with E-state index in [-0.39, 0.29) is 17.1 Å². The minimum absolute atomic E-state index is 0.105. The molecule has 0 amide bonds. The smallest absolute Gasteiger partial charge is 0.229 e. The number of hydrogen-bond donors (Lipinski definition) is 2. The van der Waals surface area contributed by atoms with Crippen molar-refractivity contribution in [3.63, 3.8) is 0 Å². The van der Waals surface area contributed by atoms with Crippen LogP contribution >= 0.6 is 0 Å². The van der Waals surface area contributed by atoms with Gasteiger partial charge in [0.1, 0.15) is 17.4 Å². The Kier molecular flexibility index (Phi) is 5.51. The number of rotatable bonds is 4. The molecule has 33 heavy (non-hydrogen) atoms. The second-order valence-electron chi connectivity index (χ2n) is 10.1. The van der Waals surface area contributed by atoms with E-state index < -0.39 is 0 Å². The molecule has 1 atom stereocenters. The fourth-order valence-corrected chi connectivity index (χ4v) is 5.44. The van der Waals surface area contributed by atoms with Gasteiger partial charge in [-0.15, -0.1) is 0 Å². The summed E-state index contributed by atoms with van der Waals surface area (Å²) in [5.74, 6) is 2.46. The molecule has 1 saturated heterocycles. The van der Waals surface area contributed by atoms with E-state index in [4.69, 9.17) is 20.4 Å². The highest BCUT2D eigenvalue weighted by molar-refractivity contribution is 6.02. The molecule has 2 aliphatic heterocycles. The van der Waals surface area contributed by atoms with Crippen LogP contribution in [0.2, 0.25) is 0 Å². The Morgan fingerprint density at radius 1 is 1.18 bits per heavy atom. The van der Waals surface area contributed by atoms with Crippen molar-refractivity contribution in [2.75, 3.05) is 35.6 Å². The number of nitrogens with zero attached hydrogens (tertiary/aromatic N) is 3. The number of hydrogen-bond acceptors (Lipinski definition) is 7. The fourth-order valence-electron chi connectivity index (χ4n) is 5.44. The predicted molar refractivity (Wildman–Crippen MR) is 131 cm³/mol. The minimum Gasteiger partial charge on any atom is -0.494 e. The van der Waals surface area contributed by atoms with E-state index >= 15 is 0 Å². The molecule has 7 heteroatoms. The summed E-state index contributed by atoms with van der Waals surface area (Å²) in [6.45, 7) is 8.72. The van der Waals surface area contributed by atoms with Gasteiger partial charge in [-0.3, -0.25) is 4.79 Å². The summed E-state index contributed by atoms with van der Waals surface area (Å²) in [5.41, 5.74) is 10.0. The Morgan fingerprint density at radius 3 is 2.73 bits per heavy atom. The molecular weight excluding hydrogens is 414 g/mol. The minimum atomic E-state index is -0.310. The van der Waals surface area contributed by atoms with Crippen LogP contribution in [0.25, 0.3) is 0 Å². The van der Waals surface area contributed by atoms with Gasteiger partial charge in [0.2, 0.25) is 5.95 Å². The van der Waals surface area contributed by atoms with Crippen molar-refractivity contribution < 1.29 is 9.53 Å². The summed E-state index contributed by atoms with van der Waals surface area (Å²) in [7, 11) is 0. The summed E-state index contributed by atoms with van der Waals surface area (Å²) in [5, 5.41) is 3.51. The maximum atomic E-state index is 13.5. The van der Waals surface area contributed by atoms with E-state index in [1.807, 2.05) is 31.2 Å². The topological polar surface area (TPSA) is 93.4 Å². The molecule has 0 unspecified atom stereocenters. The van der Waals surface area contributed by atoms with E-state index in [0.717, 1.165) is 66.3 Å². The van der Waals surface area contributed by atoms with Crippen molar-refractivity contribution in [3.05, 3.63) is 46.7 Å². The van der Waals surface area contributed by atoms with Gasteiger partial charge in [-0.05, 0) is 55.7 Å². The molecule has 1 fully saturated rings. The molecule has 3 heterocycles. The molecule has 5 rings (SSSR count). The number of ether oxygens (including phenoxy) is 1. The molecule has 7 nitrogen and oxygen atoms in total. The summed E-state index contributed by atoms with van der Waals surface area (Å²) in [6, 6.07) is 7.96. The molecule has 0 bridgehead atoms. The Bertz CT molecular complexity index is 1120. The first-order valence-electron chi connectivity index (χ1n) is 12.0. The molecule has 1 aliphatic carbocycles. The number of nitrogens with two attached hydrogens (primary N) is 1. The summed E-state index contributed by atoms with van der Waals surface area (Å²) >= 11 is 0. The van der Waals surface area contributed by atoms with E-state index in [1.165, 1.54) is 6.42 Å². The van der Waals surface area contributed by atoms with E-state index in [2.05, 4.69) is 24.1 Å². The van der Waals surface area contributed by atoms with Crippen LogP contribution in [0.3, 0.4) is 0 Å². The number of carbonyl (C=O) groups excluding carboxylic acids is 1. The predicted octanol–water partition coefficient (Wildman–Crippen LogP) is 4.65. The first-order chi connectivity index (χ1) is 15.9. The summed E-state index contributed by atoms with van der Waals surface area (Å²) in [4.78, 5) is 25.3. The third kappa shape index (κ3) is 4.05. The van der Waals surface area contributed by atoms with Crippen LogP contribution in [-0.4, -0.2) is 35.4 Å². The fraction of sp³-hybridized carbons (Fsp3) is 0.500. The zero-order valence-electron chi connectivity index (χ0n) is 19.8. The Hall–Kier alpha value is -3.09. The summed E-state index contributed by atoms with van der Waals surface area (Å²) in [6.07, 6.45) is 4.81. The second-order valence-corrected chi connectivity index (χ2v) is 10.1. The average Bonchev–Trinajstić information content (AvgIpc) is 2.78. The van der Waals surface area contributed by atoms with Crippen molar-refractivity contribution in [1.82, 2.24) is 9.97 Å². The number of ketones is 1. The number of aromatic nitrogens is 2. The monoisotopic (exact) mass is 447 g/mol. The molecule has 0 radical (unpaired) electrons. The lowest BCUT2D eigenvalue weighted by molar-refractivity contribution is -0.118. The van der Waals surface area contributed by atoms with Gasteiger partial charge in [0.25, 0.3) is 0 Å². The highest BCUT2D eigenvalue weighted by atomic mass is 16.5. The first kappa shape index (κ1) is 21.7. The molecule has 1 aromatic carbocycles. The van der Waals surface area contributed by atoms with Crippen LogP contribution in [0.5, 0.6) is 5.75 Å². The van der Waals surface area contributed by atoms with Crippen LogP contribution in [0.1, 0.15) is 69.9 Å². The quantitative estimate of drug-likeness (QED) is 0.705. The zero-order chi connectivity index (χ0) is 23.2. The van der Waals surface area contributed by atoms with Gasteiger partial charge in [-0.25, -0.2) is 0 Å². The van der Waals surface area contributed by atoms with Crippen molar-refractivity contribution in [1.29, 1.82) is 0 Å². The largest absolute Gasteiger partial charge is 0.494 e. The molecule has 2 aromatic rings. The maximum Gasteiger partial charge on any atom is 0.229 e. The number of piperidine rings is 1. The Morgan fingerprint density at radius 2 is 1.97 bits per heavy atom. The van der Waals surface area contributed by atoms with Crippen LogP contribution < -0.4 is 20.7 Å². The molecule has 3 N–H and O–H groups in total. The lowest BCUT2D eigenvalue weighted by atomic mass is 9.69. The van der Waals surface area contributed by atoms with Gasteiger partial charge < -0.3 is 20.7 Å². The van der Waals surface area contributed by atoms with Gasteiger partial charge in [-0.1, -0.05) is 26.0 Å². The van der Waals surface area contributed by atoms with E-state index in [1.54, 1.807) is 0 Å². The average molecular weight is 448 g/mol. The number of carbonyl (C=O) groups is 1. The van der Waals surface area contributed by atoms with Gasteiger partial charge in [0, 0.05) is 42.3 Å². The molecule has 3 aliphatic rings. The number of allylic oxidation sites excluding steroid dienone is 2. The normalized spacial score (nSPS) is 21.8. The molecule has 174 valence electrons. The number of benzene rings is 1. The van der Waals surface area contributed by atoms with Crippen LogP contribution in [0.15, 0.2) is 35.5 Å². The zero-order valence-corrected chi connectivity index (χ0v) is 19.8. The van der Waals surface area contributed by atoms with Gasteiger partial charge in [0.05, 0.1) is 6.61 Å². The Balaban J connectivity index is 1.66. The number of nitrogens with one attached hydrogen (secondary N) is 1. The van der Waals surface area contributed by atoms with Crippen LogP contribution in [-0.2, 0) is 4.79 Å². The Labute approximate surface area is 195 Å². The number of fused-ring (bicyclic) bond motifs is 1. The maximum absolute atomic E-state index is 13.5. The van der Waals surface area contributed by atoms with Gasteiger partial charge >= 0.3 is 0 Å². The third-order valence-corrected chi connectivity index (χ3v) is 6.87. The second kappa shape index (κ2) is 8.36. The SMILES string of the molecule is CCOc1cccc([C@H]2C3=C(CC(C)(C)CC3=O)Nc3nc(N4CCCCC4)nc(N)c32)c1. The standard InChI is InChI=1S/C26H33N5O2/c1-4-33-17-10-8-9-16(13-17)20-21-18(14-26(2,3)15-19(21)32)28-24-22(20)23(27)29-25(30-24)31-11-6-5-7-12-31/h8-10,13,20H,4-7,11-12,14-15H2,1-3H3,(H3,27,28,29,30)/t20-/m0/s1. The van der Waals surface area contributed by atoms with Crippen LogP contribution in [0, 0.1) is 5.41 Å². The van der Waals surface area contributed by atoms with Crippen molar-refractivity contribution in [3.8, 4) is 5.75 Å². The highest BCUT2D eigenvalue weighted by Gasteiger charge is 2.42. The lowest BCUT2D eigenvalue weighted by Gasteiger charge is -2.39. The molecular formula is C26H33N5O2. The molecule has 0 spiro atoms. The molecule has 0 saturated carbocycles. The van der Waals surface area contributed by atoms with Crippen LogP contribution in [0.4, 0.5) is 17.6 Å². The molecule has 1 aromatic heterocycles. The van der Waals surface area contributed by atoms with Crippen molar-refractivity contribution >= 4 is 23.4 Å². The first-order valence-corrected chi connectivity index (χ1v) is 12.0. The van der Waals surface area contributed by atoms with Crippen molar-refractivity contribution in [2.45, 2.75) is 58.8 Å². The number of Topliss-reactive ketones (excluding diaryl/α,β-unsaturated/α-hetero) is 1. The van der Waals surface area contributed by atoms with Crippen molar-refractivity contribution in [2.24, 2.45) is 5.41 Å². The number of nitrogen functional groups attached to an aromatic ring is 1. The number of anilines is 3. The van der Waals surface area contributed by atoms with Gasteiger partial charge in [0.15, 0.2) is 5.78 Å². The highest BCUT2D eigenvalue weighted by Crippen LogP contribution is 2.50.